The number of benzene rings is 1. The summed E-state index contributed by atoms with van der Waals surface area (Å²) in [4.78, 5) is 27.1. The summed E-state index contributed by atoms with van der Waals surface area (Å²) < 4.78 is 2.36. The molecular weight excluding hydrogens is 388 g/mol. The van der Waals surface area contributed by atoms with E-state index in [2.05, 4.69) is 29.0 Å². The highest BCUT2D eigenvalue weighted by Crippen LogP contribution is 2.32. The maximum absolute atomic E-state index is 12.9. The number of nitrogens with one attached hydrogen (secondary N) is 2. The molecule has 0 unspecified atom stereocenters. The fraction of sp³-hybridized carbons (Fsp3) is 0.520. The van der Waals surface area contributed by atoms with Crippen LogP contribution < -0.4 is 10.6 Å². The van der Waals surface area contributed by atoms with Crippen LogP contribution in [-0.4, -0.2) is 34.5 Å². The third kappa shape index (κ3) is 4.94. The van der Waals surface area contributed by atoms with E-state index in [9.17, 15) is 9.59 Å². The molecule has 1 saturated carbocycles. The van der Waals surface area contributed by atoms with E-state index in [-0.39, 0.29) is 11.9 Å². The average molecular weight is 423 g/mol. The molecule has 6 nitrogen and oxygen atoms in total. The lowest BCUT2D eigenvalue weighted by atomic mass is 9.95. The van der Waals surface area contributed by atoms with Crippen molar-refractivity contribution in [2.24, 2.45) is 0 Å². The van der Waals surface area contributed by atoms with Crippen molar-refractivity contribution in [3.63, 3.8) is 0 Å². The number of rotatable bonds is 5. The first-order valence-electron chi connectivity index (χ1n) is 11.6. The lowest BCUT2D eigenvalue weighted by Gasteiger charge is -2.26. The fourth-order valence-electron chi connectivity index (χ4n) is 5.07. The smallest absolute Gasteiger partial charge is 0.321 e. The number of amides is 3. The first-order chi connectivity index (χ1) is 15.0. The van der Waals surface area contributed by atoms with Crippen LogP contribution in [0.1, 0.15) is 78.3 Å². The van der Waals surface area contributed by atoms with Crippen LogP contribution in [0.4, 0.5) is 10.5 Å². The third-order valence-corrected chi connectivity index (χ3v) is 6.69. The minimum absolute atomic E-state index is 0.0401. The van der Waals surface area contributed by atoms with E-state index in [4.69, 9.17) is 0 Å². The molecule has 166 valence electrons. The van der Waals surface area contributed by atoms with Gasteiger partial charge >= 0.3 is 6.03 Å². The predicted molar refractivity (Wildman–Crippen MR) is 123 cm³/mol. The van der Waals surface area contributed by atoms with Gasteiger partial charge in [0.25, 0.3) is 5.91 Å². The molecule has 0 spiro atoms. The molecule has 2 fully saturated rings. The number of hydrogen-bond acceptors (Lipinski definition) is 2. The molecule has 1 aromatic carbocycles. The van der Waals surface area contributed by atoms with Crippen LogP contribution in [0.5, 0.6) is 0 Å². The molecule has 0 atom stereocenters. The fourth-order valence-corrected chi connectivity index (χ4v) is 5.07. The van der Waals surface area contributed by atoms with Gasteiger partial charge in [-0.05, 0) is 63.3 Å². The minimum atomic E-state index is -0.0474. The topological polar surface area (TPSA) is 66.4 Å². The summed E-state index contributed by atoms with van der Waals surface area (Å²) in [6.07, 6.45) is 8.41. The molecule has 6 heteroatoms. The van der Waals surface area contributed by atoms with E-state index in [0.717, 1.165) is 48.4 Å². The zero-order valence-electron chi connectivity index (χ0n) is 18.7. The van der Waals surface area contributed by atoms with Crippen LogP contribution in [0.2, 0.25) is 0 Å². The van der Waals surface area contributed by atoms with Crippen LogP contribution in [0.3, 0.4) is 0 Å². The Morgan fingerprint density at radius 2 is 1.74 bits per heavy atom. The highest BCUT2D eigenvalue weighted by atomic mass is 16.2. The molecule has 3 amide bonds. The molecule has 2 N–H and O–H groups in total. The Hall–Kier alpha value is -2.76. The molecule has 0 radical (unpaired) electrons. The normalized spacial score (nSPS) is 17.0. The number of carbonyl (C=O) groups is 2. The molecule has 4 rings (SSSR count). The third-order valence-electron chi connectivity index (χ3n) is 6.69. The van der Waals surface area contributed by atoms with Crippen molar-refractivity contribution >= 4 is 17.6 Å². The summed E-state index contributed by atoms with van der Waals surface area (Å²) in [7, 11) is 0. The van der Waals surface area contributed by atoms with Crippen molar-refractivity contribution in [1.29, 1.82) is 0 Å². The van der Waals surface area contributed by atoms with Gasteiger partial charge in [-0.2, -0.15) is 0 Å². The van der Waals surface area contributed by atoms with Crippen molar-refractivity contribution in [1.82, 2.24) is 14.8 Å². The molecule has 1 aliphatic heterocycles. The second-order valence-corrected chi connectivity index (χ2v) is 8.95. The molecule has 2 aromatic rings. The number of hydrogen-bond donors (Lipinski definition) is 2. The Morgan fingerprint density at radius 1 is 1.00 bits per heavy atom. The van der Waals surface area contributed by atoms with E-state index < -0.39 is 0 Å². The molecule has 2 heterocycles. The number of carbonyl (C=O) groups excluding carboxylic acids is 2. The first kappa shape index (κ1) is 21.5. The van der Waals surface area contributed by atoms with Crippen LogP contribution in [-0.2, 0) is 6.54 Å². The number of anilines is 1. The number of urea groups is 1. The van der Waals surface area contributed by atoms with Crippen LogP contribution >= 0.6 is 0 Å². The second kappa shape index (κ2) is 9.58. The van der Waals surface area contributed by atoms with Crippen molar-refractivity contribution < 1.29 is 9.59 Å². The summed E-state index contributed by atoms with van der Waals surface area (Å²) in [5, 5.41) is 6.03. The van der Waals surface area contributed by atoms with E-state index in [1.54, 1.807) is 0 Å². The lowest BCUT2D eigenvalue weighted by molar-refractivity contribution is 0.0950. The minimum Gasteiger partial charge on any atom is -0.348 e. The summed E-state index contributed by atoms with van der Waals surface area (Å²) in [5.41, 5.74) is 4.73. The largest absolute Gasteiger partial charge is 0.348 e. The monoisotopic (exact) mass is 422 g/mol. The lowest BCUT2D eigenvalue weighted by Crippen LogP contribution is -2.32. The van der Waals surface area contributed by atoms with E-state index >= 15 is 0 Å². The van der Waals surface area contributed by atoms with E-state index in [0.29, 0.717) is 12.6 Å². The van der Waals surface area contributed by atoms with Crippen LogP contribution in [0.15, 0.2) is 30.3 Å². The average Bonchev–Trinajstić information content (AvgIpc) is 3.41. The standard InChI is InChI=1S/C25H34N4O2/c1-18-15-23(19(2)29(18)22-11-4-3-5-12-22)24(30)26-17-20-9-8-10-21(16-20)27-25(31)28-13-6-7-14-28/h8-10,15-16,22H,3-7,11-14,17H2,1-2H3,(H,26,30)(H,27,31). The summed E-state index contributed by atoms with van der Waals surface area (Å²) in [6.45, 7) is 6.23. The van der Waals surface area contributed by atoms with Gasteiger partial charge in [-0.15, -0.1) is 0 Å². The van der Waals surface area contributed by atoms with Gasteiger partial charge in [-0.1, -0.05) is 31.4 Å². The predicted octanol–water partition coefficient (Wildman–Crippen LogP) is 5.17. The SMILES string of the molecule is Cc1cc(C(=O)NCc2cccc(NC(=O)N3CCCC3)c2)c(C)n1C1CCCCC1. The van der Waals surface area contributed by atoms with Crippen molar-refractivity contribution in [2.45, 2.75) is 71.4 Å². The van der Waals surface area contributed by atoms with Gasteiger partial charge < -0.3 is 20.1 Å². The molecule has 1 aromatic heterocycles. The van der Waals surface area contributed by atoms with Gasteiger partial charge in [0.05, 0.1) is 5.56 Å². The van der Waals surface area contributed by atoms with Gasteiger partial charge in [0, 0.05) is 42.8 Å². The summed E-state index contributed by atoms with van der Waals surface area (Å²) >= 11 is 0. The maximum atomic E-state index is 12.9. The quantitative estimate of drug-likeness (QED) is 0.698. The Bertz CT molecular complexity index is 937. The number of nitrogens with zero attached hydrogens (tertiary/aromatic N) is 2. The van der Waals surface area contributed by atoms with Gasteiger partial charge in [-0.25, -0.2) is 4.79 Å². The highest BCUT2D eigenvalue weighted by molar-refractivity contribution is 5.95. The zero-order chi connectivity index (χ0) is 21.8. The second-order valence-electron chi connectivity index (χ2n) is 8.95. The number of likely N-dealkylation sites (tertiary alicyclic amines) is 1. The zero-order valence-corrected chi connectivity index (χ0v) is 18.7. The van der Waals surface area contributed by atoms with Gasteiger partial charge in [-0.3, -0.25) is 4.79 Å². The molecule has 31 heavy (non-hydrogen) atoms. The Morgan fingerprint density at radius 3 is 2.48 bits per heavy atom. The number of aromatic nitrogens is 1. The Labute approximate surface area is 185 Å². The van der Waals surface area contributed by atoms with Crippen LogP contribution in [0, 0.1) is 13.8 Å². The molecule has 1 aliphatic carbocycles. The first-order valence-corrected chi connectivity index (χ1v) is 11.6. The maximum Gasteiger partial charge on any atom is 0.321 e. The molecule has 0 bridgehead atoms. The van der Waals surface area contributed by atoms with Crippen LogP contribution in [0.25, 0.3) is 0 Å². The van der Waals surface area contributed by atoms with Crippen molar-refractivity contribution in [2.75, 3.05) is 18.4 Å². The van der Waals surface area contributed by atoms with Gasteiger partial charge in [0.1, 0.15) is 0 Å². The molecule has 2 aliphatic rings. The highest BCUT2D eigenvalue weighted by Gasteiger charge is 2.22. The Balaban J connectivity index is 1.38. The van der Waals surface area contributed by atoms with E-state index in [1.165, 1.54) is 37.8 Å². The van der Waals surface area contributed by atoms with Gasteiger partial charge in [0.15, 0.2) is 0 Å². The summed E-state index contributed by atoms with van der Waals surface area (Å²) in [5.74, 6) is -0.0401. The Kier molecular flexibility index (Phi) is 6.64. The number of aryl methyl sites for hydroxylation is 1. The van der Waals surface area contributed by atoms with E-state index in [1.807, 2.05) is 35.2 Å². The van der Waals surface area contributed by atoms with Gasteiger partial charge in [0.2, 0.25) is 0 Å². The summed E-state index contributed by atoms with van der Waals surface area (Å²) in [6, 6.07) is 10.2. The van der Waals surface area contributed by atoms with Crippen molar-refractivity contribution in [3.8, 4) is 0 Å². The van der Waals surface area contributed by atoms with Crippen molar-refractivity contribution in [3.05, 3.63) is 52.8 Å². The molecular formula is C25H34N4O2. The molecule has 1 saturated heterocycles.